The Morgan fingerprint density at radius 1 is 0.611 bits per heavy atom. The molecule has 0 radical (unpaired) electrons. The van der Waals surface area contributed by atoms with E-state index in [0.717, 1.165) is 57.3 Å². The first-order valence-electron chi connectivity index (χ1n) is 21.3. The van der Waals surface area contributed by atoms with Crippen LogP contribution < -0.4 is 0 Å². The average molecular weight is 781 g/mol. The van der Waals surface area contributed by atoms with Crippen molar-refractivity contribution in [1.29, 1.82) is 0 Å². The monoisotopic (exact) mass is 781 g/mol. The molecule has 54 heavy (non-hydrogen) atoms. The molecule has 312 valence electrons. The number of ketones is 1. The third kappa shape index (κ3) is 39.4. The lowest BCUT2D eigenvalue weighted by Gasteiger charge is -2.18. The second kappa shape index (κ2) is 37.6. The summed E-state index contributed by atoms with van der Waals surface area (Å²) in [7, 11) is -4.78. The van der Waals surface area contributed by atoms with Crippen molar-refractivity contribution in [2.24, 2.45) is 5.92 Å². The molecule has 0 fully saturated rings. The highest BCUT2D eigenvalue weighted by molar-refractivity contribution is 7.46. The molecule has 0 bridgehead atoms. The summed E-state index contributed by atoms with van der Waals surface area (Å²) < 4.78 is 26.3. The van der Waals surface area contributed by atoms with Gasteiger partial charge in [-0.2, -0.15) is 0 Å². The summed E-state index contributed by atoms with van der Waals surface area (Å²) in [5.74, 6) is 0.0580. The molecule has 2 atom stereocenters. The number of rotatable bonds is 38. The number of unbranched alkanes of at least 4 members (excludes halogenated alkanes) is 16. The SMILES string of the molecule is CCCCCC(=O)/C=C/C=C\C/C=C\C/C=C\CCCC(=O)O[C@H](COC(=O)CCCCCCCCCCCCCCCCC(C)CC)COP(=O)(O)O. The molecule has 0 heterocycles. The van der Waals surface area contributed by atoms with Crippen LogP contribution in [0.2, 0.25) is 0 Å². The number of ether oxygens (including phenoxy) is 2. The topological polar surface area (TPSA) is 136 Å². The van der Waals surface area contributed by atoms with Crippen molar-refractivity contribution in [3.05, 3.63) is 48.6 Å². The lowest BCUT2D eigenvalue weighted by molar-refractivity contribution is -0.161. The molecule has 0 aliphatic heterocycles. The Labute approximate surface area is 329 Å². The van der Waals surface area contributed by atoms with Gasteiger partial charge < -0.3 is 19.3 Å². The Bertz CT molecular complexity index is 1090. The fraction of sp³-hybridized carbons (Fsp3) is 0.750. The van der Waals surface area contributed by atoms with Crippen molar-refractivity contribution >= 4 is 25.5 Å². The van der Waals surface area contributed by atoms with E-state index in [-0.39, 0.29) is 25.2 Å². The fourth-order valence-corrected chi connectivity index (χ4v) is 6.13. The Balaban J connectivity index is 4.04. The minimum Gasteiger partial charge on any atom is -0.462 e. The van der Waals surface area contributed by atoms with Gasteiger partial charge in [-0.3, -0.25) is 18.9 Å². The van der Waals surface area contributed by atoms with Gasteiger partial charge in [-0.15, -0.1) is 0 Å². The third-order valence-electron chi connectivity index (χ3n) is 9.37. The number of phosphoric ester groups is 1. The van der Waals surface area contributed by atoms with Crippen LogP contribution in [0.15, 0.2) is 48.6 Å². The fourth-order valence-electron chi connectivity index (χ4n) is 5.77. The van der Waals surface area contributed by atoms with Crippen LogP contribution in [0.5, 0.6) is 0 Å². The van der Waals surface area contributed by atoms with E-state index in [0.29, 0.717) is 25.7 Å². The first kappa shape index (κ1) is 51.7. The minimum atomic E-state index is -4.78. The van der Waals surface area contributed by atoms with Crippen molar-refractivity contribution in [1.82, 2.24) is 0 Å². The van der Waals surface area contributed by atoms with Gasteiger partial charge in [0.05, 0.1) is 6.61 Å². The van der Waals surface area contributed by atoms with Gasteiger partial charge in [0.2, 0.25) is 0 Å². The van der Waals surface area contributed by atoms with E-state index < -0.39 is 32.5 Å². The van der Waals surface area contributed by atoms with Gasteiger partial charge in [0.1, 0.15) is 6.61 Å². The van der Waals surface area contributed by atoms with Crippen LogP contribution >= 0.6 is 7.82 Å². The minimum absolute atomic E-state index is 0.110. The predicted octanol–water partition coefficient (Wildman–Crippen LogP) is 12.2. The van der Waals surface area contributed by atoms with Crippen LogP contribution in [0.3, 0.4) is 0 Å². The molecule has 10 heteroatoms. The summed E-state index contributed by atoms with van der Waals surface area (Å²) >= 11 is 0. The standard InChI is InChI=1S/C44H77O9P/c1-4-6-28-34-41(45)35-30-25-21-17-13-11-15-19-23-27-32-37-44(47)53-42(39-52-54(48,49)50)38-51-43(46)36-31-26-22-18-14-10-8-7-9-12-16-20-24-29-33-40(3)5-2/h11,13,19,21,23,25,30,35,40,42H,4-10,12,14-18,20,22,24,26-29,31-34,36-39H2,1-3H3,(H2,48,49,50)/b13-11-,23-19-,25-21-,35-30+/t40?,42-/m1/s1. The number of carbonyl (C=O) groups is 3. The number of phosphoric acid groups is 1. The summed E-state index contributed by atoms with van der Waals surface area (Å²) in [5, 5.41) is 0. The van der Waals surface area contributed by atoms with E-state index in [1.807, 2.05) is 36.5 Å². The van der Waals surface area contributed by atoms with Gasteiger partial charge in [0.25, 0.3) is 0 Å². The Kier molecular flexibility index (Phi) is 36.0. The molecule has 0 aromatic carbocycles. The molecule has 0 amide bonds. The summed E-state index contributed by atoms with van der Waals surface area (Å²) in [5.41, 5.74) is 0. The van der Waals surface area contributed by atoms with E-state index in [2.05, 4.69) is 25.3 Å². The molecule has 9 nitrogen and oxygen atoms in total. The van der Waals surface area contributed by atoms with Gasteiger partial charge in [-0.25, -0.2) is 4.57 Å². The van der Waals surface area contributed by atoms with Gasteiger partial charge in [-0.1, -0.05) is 172 Å². The maximum atomic E-state index is 12.4. The van der Waals surface area contributed by atoms with Crippen LogP contribution in [-0.4, -0.2) is 46.8 Å². The molecule has 1 unspecified atom stereocenters. The lowest BCUT2D eigenvalue weighted by Crippen LogP contribution is -2.29. The molecule has 2 N–H and O–H groups in total. The van der Waals surface area contributed by atoms with E-state index in [1.54, 1.807) is 12.2 Å². The summed E-state index contributed by atoms with van der Waals surface area (Å²) in [4.78, 5) is 54.5. The number of hydrogen-bond acceptors (Lipinski definition) is 7. The maximum absolute atomic E-state index is 12.4. The van der Waals surface area contributed by atoms with Crippen molar-refractivity contribution < 1.29 is 42.7 Å². The Morgan fingerprint density at radius 3 is 1.74 bits per heavy atom. The molecule has 0 aliphatic carbocycles. The van der Waals surface area contributed by atoms with Crippen LogP contribution in [0, 0.1) is 5.92 Å². The lowest BCUT2D eigenvalue weighted by atomic mass is 9.99. The van der Waals surface area contributed by atoms with E-state index in [1.165, 1.54) is 77.0 Å². The summed E-state index contributed by atoms with van der Waals surface area (Å²) in [6.07, 6.45) is 41.0. The summed E-state index contributed by atoms with van der Waals surface area (Å²) in [6, 6.07) is 0. The van der Waals surface area contributed by atoms with Crippen LogP contribution in [0.1, 0.15) is 188 Å². The van der Waals surface area contributed by atoms with Gasteiger partial charge >= 0.3 is 19.8 Å². The first-order chi connectivity index (χ1) is 26.1. The second-order valence-corrected chi connectivity index (χ2v) is 15.8. The molecule has 0 aromatic heterocycles. The second-order valence-electron chi connectivity index (χ2n) is 14.6. The van der Waals surface area contributed by atoms with Gasteiger partial charge in [0.15, 0.2) is 11.9 Å². The predicted molar refractivity (Wildman–Crippen MR) is 221 cm³/mol. The van der Waals surface area contributed by atoms with E-state index in [9.17, 15) is 18.9 Å². The zero-order valence-electron chi connectivity index (χ0n) is 34.3. The van der Waals surface area contributed by atoms with E-state index >= 15 is 0 Å². The quantitative estimate of drug-likeness (QED) is 0.0157. The Morgan fingerprint density at radius 2 is 1.15 bits per heavy atom. The molecule has 0 spiro atoms. The van der Waals surface area contributed by atoms with Crippen LogP contribution in [0.4, 0.5) is 0 Å². The highest BCUT2D eigenvalue weighted by Crippen LogP contribution is 2.36. The van der Waals surface area contributed by atoms with Crippen molar-refractivity contribution in [3.63, 3.8) is 0 Å². The van der Waals surface area contributed by atoms with Crippen molar-refractivity contribution in [3.8, 4) is 0 Å². The molecule has 0 rings (SSSR count). The average Bonchev–Trinajstić information content (AvgIpc) is 3.13. The molecule has 0 saturated carbocycles. The molecule has 0 aromatic rings. The highest BCUT2D eigenvalue weighted by Gasteiger charge is 2.22. The number of esters is 2. The number of hydrogen-bond donors (Lipinski definition) is 2. The highest BCUT2D eigenvalue weighted by atomic mass is 31.2. The molecule has 0 saturated heterocycles. The largest absolute Gasteiger partial charge is 0.469 e. The zero-order valence-corrected chi connectivity index (χ0v) is 35.2. The van der Waals surface area contributed by atoms with Gasteiger partial charge in [0, 0.05) is 19.3 Å². The van der Waals surface area contributed by atoms with Crippen molar-refractivity contribution in [2.75, 3.05) is 13.2 Å². The maximum Gasteiger partial charge on any atom is 0.469 e. The van der Waals surface area contributed by atoms with Crippen LogP contribution in [0.25, 0.3) is 0 Å². The van der Waals surface area contributed by atoms with Crippen LogP contribution in [-0.2, 0) is 32.9 Å². The summed E-state index contributed by atoms with van der Waals surface area (Å²) in [6.45, 7) is 5.85. The normalized spacial score (nSPS) is 13.4. The molecular weight excluding hydrogens is 703 g/mol. The third-order valence-corrected chi connectivity index (χ3v) is 9.85. The van der Waals surface area contributed by atoms with Gasteiger partial charge in [-0.05, 0) is 50.5 Å². The molecule has 0 aliphatic rings. The molecular formula is C44H77O9P. The first-order valence-corrected chi connectivity index (χ1v) is 22.8. The number of allylic oxidation sites excluding steroid dienone is 8. The number of carbonyl (C=O) groups excluding carboxylic acids is 3. The van der Waals surface area contributed by atoms with E-state index in [4.69, 9.17) is 19.3 Å². The zero-order chi connectivity index (χ0) is 40.0. The smallest absolute Gasteiger partial charge is 0.462 e. The van der Waals surface area contributed by atoms with Crippen molar-refractivity contribution in [2.45, 2.75) is 194 Å². The Hall–Kier alpha value is -2.32.